The van der Waals surface area contributed by atoms with Crippen molar-refractivity contribution in [2.75, 3.05) is 13.6 Å². The van der Waals surface area contributed by atoms with Gasteiger partial charge in [0.2, 0.25) is 5.91 Å². The predicted octanol–water partition coefficient (Wildman–Crippen LogP) is 3.36. The van der Waals surface area contributed by atoms with Crippen LogP contribution in [0.4, 0.5) is 0 Å². The maximum Gasteiger partial charge on any atom is 0.225 e. The van der Waals surface area contributed by atoms with E-state index in [2.05, 4.69) is 42.5 Å². The summed E-state index contributed by atoms with van der Waals surface area (Å²) in [7, 11) is 1.92. The van der Waals surface area contributed by atoms with Gasteiger partial charge in [0.15, 0.2) is 0 Å². The summed E-state index contributed by atoms with van der Waals surface area (Å²) in [6.45, 7) is 0.762. The largest absolute Gasteiger partial charge is 0.345 e. The molecule has 1 aliphatic rings. The molecule has 0 saturated heterocycles. The van der Waals surface area contributed by atoms with E-state index in [-0.39, 0.29) is 17.9 Å². The minimum absolute atomic E-state index is 0.122. The van der Waals surface area contributed by atoms with Gasteiger partial charge >= 0.3 is 0 Å². The third-order valence-electron chi connectivity index (χ3n) is 5.04. The van der Waals surface area contributed by atoms with Crippen molar-refractivity contribution in [3.63, 3.8) is 0 Å². The molecule has 3 nitrogen and oxygen atoms in total. The van der Waals surface area contributed by atoms with Crippen LogP contribution in [0.1, 0.15) is 31.2 Å². The smallest absolute Gasteiger partial charge is 0.225 e. The summed E-state index contributed by atoms with van der Waals surface area (Å²) >= 11 is 0. The number of amides is 1. The van der Waals surface area contributed by atoms with Crippen molar-refractivity contribution in [1.29, 1.82) is 0 Å². The summed E-state index contributed by atoms with van der Waals surface area (Å²) in [6, 6.07) is 15.0. The summed E-state index contributed by atoms with van der Waals surface area (Å²) < 4.78 is 0. The maximum absolute atomic E-state index is 12.6. The summed E-state index contributed by atoms with van der Waals surface area (Å²) in [5.41, 5.74) is 7.33. The fourth-order valence-electron chi connectivity index (χ4n) is 3.67. The summed E-state index contributed by atoms with van der Waals surface area (Å²) in [4.78, 5) is 14.5. The minimum Gasteiger partial charge on any atom is -0.345 e. The van der Waals surface area contributed by atoms with Crippen molar-refractivity contribution in [2.24, 2.45) is 11.7 Å². The van der Waals surface area contributed by atoms with Gasteiger partial charge < -0.3 is 10.6 Å². The number of rotatable bonds is 4. The molecule has 23 heavy (non-hydrogen) atoms. The van der Waals surface area contributed by atoms with E-state index in [4.69, 9.17) is 5.73 Å². The van der Waals surface area contributed by atoms with Crippen LogP contribution in [0.2, 0.25) is 0 Å². The number of hydrogen-bond acceptors (Lipinski definition) is 2. The molecule has 1 aliphatic carbocycles. The van der Waals surface area contributed by atoms with E-state index in [0.717, 1.165) is 38.6 Å². The Hall–Kier alpha value is -1.87. The highest BCUT2D eigenvalue weighted by atomic mass is 16.2. The first-order valence-corrected chi connectivity index (χ1v) is 8.62. The number of carbonyl (C=O) groups is 1. The molecule has 2 N–H and O–H groups in total. The molecule has 2 unspecified atom stereocenters. The molecule has 1 amide bonds. The van der Waals surface area contributed by atoms with Crippen LogP contribution in [-0.2, 0) is 11.2 Å². The van der Waals surface area contributed by atoms with Crippen molar-refractivity contribution in [1.82, 2.24) is 4.90 Å². The Labute approximate surface area is 138 Å². The Kier molecular flexibility index (Phi) is 4.97. The number of fused-ring (bicyclic) bond motifs is 1. The molecule has 2 atom stereocenters. The molecule has 0 radical (unpaired) electrons. The zero-order chi connectivity index (χ0) is 16.2. The van der Waals surface area contributed by atoms with Crippen molar-refractivity contribution < 1.29 is 4.79 Å². The number of likely N-dealkylation sites (N-methyl/N-ethyl adjacent to an activating group) is 1. The summed E-state index contributed by atoms with van der Waals surface area (Å²) in [5.74, 6) is 0.386. The SMILES string of the molecule is CN(CCc1cccc2ccccc12)C(=O)C1CCCC(N)C1. The summed E-state index contributed by atoms with van der Waals surface area (Å²) in [5, 5.41) is 2.55. The monoisotopic (exact) mass is 310 g/mol. The van der Waals surface area contributed by atoms with Gasteiger partial charge in [-0.3, -0.25) is 4.79 Å². The second-order valence-corrected chi connectivity index (χ2v) is 6.77. The Morgan fingerprint density at radius 3 is 2.78 bits per heavy atom. The summed E-state index contributed by atoms with van der Waals surface area (Å²) in [6.07, 6.45) is 4.86. The van der Waals surface area contributed by atoms with Crippen molar-refractivity contribution in [2.45, 2.75) is 38.1 Å². The highest BCUT2D eigenvalue weighted by Crippen LogP contribution is 2.25. The zero-order valence-electron chi connectivity index (χ0n) is 13.9. The Balaban J connectivity index is 1.64. The number of nitrogens with two attached hydrogens (primary N) is 1. The maximum atomic E-state index is 12.6. The van der Waals surface area contributed by atoms with Crippen LogP contribution in [0.15, 0.2) is 42.5 Å². The van der Waals surface area contributed by atoms with Crippen LogP contribution >= 0.6 is 0 Å². The second-order valence-electron chi connectivity index (χ2n) is 6.77. The number of nitrogens with zero attached hydrogens (tertiary/aromatic N) is 1. The molecule has 1 saturated carbocycles. The van der Waals surface area contributed by atoms with Crippen LogP contribution in [0.25, 0.3) is 10.8 Å². The first-order chi connectivity index (χ1) is 11.1. The first kappa shape index (κ1) is 16.0. The highest BCUT2D eigenvalue weighted by Gasteiger charge is 2.27. The molecule has 0 aromatic heterocycles. The molecular weight excluding hydrogens is 284 g/mol. The third-order valence-corrected chi connectivity index (χ3v) is 5.04. The van der Waals surface area contributed by atoms with Gasteiger partial charge in [-0.05, 0) is 42.0 Å². The molecule has 0 aliphatic heterocycles. The Morgan fingerprint density at radius 2 is 1.96 bits per heavy atom. The molecular formula is C20H26N2O. The molecule has 2 aromatic carbocycles. The fourth-order valence-corrected chi connectivity index (χ4v) is 3.67. The Morgan fingerprint density at radius 1 is 1.17 bits per heavy atom. The fraction of sp³-hybridized carbons (Fsp3) is 0.450. The van der Waals surface area contributed by atoms with Crippen molar-refractivity contribution >= 4 is 16.7 Å². The molecule has 1 fully saturated rings. The van der Waals surface area contributed by atoms with Crippen LogP contribution in [0.5, 0.6) is 0 Å². The average molecular weight is 310 g/mol. The van der Waals surface area contributed by atoms with Gasteiger partial charge in [0.05, 0.1) is 0 Å². The average Bonchev–Trinajstić information content (AvgIpc) is 2.59. The van der Waals surface area contributed by atoms with E-state index in [1.807, 2.05) is 11.9 Å². The lowest BCUT2D eigenvalue weighted by Gasteiger charge is -2.29. The number of carbonyl (C=O) groups excluding carboxylic acids is 1. The lowest BCUT2D eigenvalue weighted by molar-refractivity contribution is -0.135. The van der Waals surface area contributed by atoms with E-state index < -0.39 is 0 Å². The van der Waals surface area contributed by atoms with Crippen LogP contribution in [-0.4, -0.2) is 30.4 Å². The van der Waals surface area contributed by atoms with Crippen LogP contribution in [0.3, 0.4) is 0 Å². The van der Waals surface area contributed by atoms with Gasteiger partial charge in [-0.2, -0.15) is 0 Å². The number of hydrogen-bond donors (Lipinski definition) is 1. The molecule has 0 bridgehead atoms. The molecule has 0 spiro atoms. The van der Waals surface area contributed by atoms with E-state index in [9.17, 15) is 4.79 Å². The third kappa shape index (κ3) is 3.73. The lowest BCUT2D eigenvalue weighted by atomic mass is 9.85. The van der Waals surface area contributed by atoms with Crippen LogP contribution < -0.4 is 5.73 Å². The zero-order valence-corrected chi connectivity index (χ0v) is 13.9. The van der Waals surface area contributed by atoms with Gasteiger partial charge in [0.25, 0.3) is 0 Å². The van der Waals surface area contributed by atoms with E-state index >= 15 is 0 Å². The van der Waals surface area contributed by atoms with Gasteiger partial charge in [-0.1, -0.05) is 48.9 Å². The quantitative estimate of drug-likeness (QED) is 0.941. The molecule has 3 heteroatoms. The van der Waals surface area contributed by atoms with Crippen LogP contribution in [0, 0.1) is 5.92 Å². The van der Waals surface area contributed by atoms with Gasteiger partial charge in [-0.15, -0.1) is 0 Å². The normalized spacial score (nSPS) is 21.3. The van der Waals surface area contributed by atoms with Gasteiger partial charge in [0, 0.05) is 25.6 Å². The molecule has 2 aromatic rings. The van der Waals surface area contributed by atoms with Crippen molar-refractivity contribution in [3.8, 4) is 0 Å². The second kappa shape index (κ2) is 7.14. The highest BCUT2D eigenvalue weighted by molar-refractivity contribution is 5.85. The molecule has 3 rings (SSSR count). The van der Waals surface area contributed by atoms with E-state index in [1.165, 1.54) is 16.3 Å². The molecule has 0 heterocycles. The van der Waals surface area contributed by atoms with E-state index in [0.29, 0.717) is 0 Å². The molecule has 122 valence electrons. The number of benzene rings is 2. The van der Waals surface area contributed by atoms with Gasteiger partial charge in [0.1, 0.15) is 0 Å². The standard InChI is InChI=1S/C20H26N2O/c1-22(20(23)17-9-5-10-18(21)14-17)13-12-16-8-4-7-15-6-2-3-11-19(15)16/h2-4,6-8,11,17-18H,5,9-10,12-14,21H2,1H3. The van der Waals surface area contributed by atoms with Gasteiger partial charge in [-0.25, -0.2) is 0 Å². The minimum atomic E-state index is 0.122. The topological polar surface area (TPSA) is 46.3 Å². The van der Waals surface area contributed by atoms with E-state index in [1.54, 1.807) is 0 Å². The Bertz CT molecular complexity index is 677. The lowest BCUT2D eigenvalue weighted by Crippen LogP contribution is -2.39. The predicted molar refractivity (Wildman–Crippen MR) is 95.2 cm³/mol. The van der Waals surface area contributed by atoms with Crippen molar-refractivity contribution in [3.05, 3.63) is 48.0 Å². The first-order valence-electron chi connectivity index (χ1n) is 8.62.